The van der Waals surface area contributed by atoms with E-state index in [1.807, 2.05) is 13.8 Å². The van der Waals surface area contributed by atoms with Crippen LogP contribution >= 0.6 is 0 Å². The molecular weight excluding hydrogens is 260 g/mol. The molecule has 1 aliphatic heterocycles. The summed E-state index contributed by atoms with van der Waals surface area (Å²) in [6.07, 6.45) is 0.874. The van der Waals surface area contributed by atoms with Crippen LogP contribution in [-0.2, 0) is 23.9 Å². The second-order valence-electron chi connectivity index (χ2n) is 5.98. The first-order valence-corrected chi connectivity index (χ1v) is 7.18. The number of ketones is 2. The molecule has 0 amide bonds. The number of Topliss-reactive ketones (excluding diaryl/α,β-unsaturated/α-hetero) is 2. The van der Waals surface area contributed by atoms with E-state index in [9.17, 15) is 14.4 Å². The van der Waals surface area contributed by atoms with Crippen LogP contribution in [0.25, 0.3) is 0 Å². The lowest BCUT2D eigenvalue weighted by molar-refractivity contribution is -0.184. The Labute approximate surface area is 120 Å². The van der Waals surface area contributed by atoms with Gasteiger partial charge in [-0.05, 0) is 32.6 Å². The van der Waals surface area contributed by atoms with Crippen molar-refractivity contribution in [2.45, 2.75) is 65.1 Å². The molecule has 1 aliphatic rings. The quantitative estimate of drug-likeness (QED) is 0.584. The van der Waals surface area contributed by atoms with E-state index in [-0.39, 0.29) is 43.0 Å². The number of carbonyl (C=O) groups excluding carboxylic acids is 3. The molecule has 5 heteroatoms. The van der Waals surface area contributed by atoms with Crippen LogP contribution < -0.4 is 0 Å². The number of ether oxygens (including phenoxy) is 2. The average Bonchev–Trinajstić information content (AvgIpc) is 2.31. The normalized spacial score (nSPS) is 24.7. The summed E-state index contributed by atoms with van der Waals surface area (Å²) in [6.45, 7) is 7.05. The van der Waals surface area contributed by atoms with E-state index in [1.165, 1.54) is 0 Å². The summed E-state index contributed by atoms with van der Waals surface area (Å²) in [5.41, 5.74) is -1.62. The zero-order chi connectivity index (χ0) is 15.3. The first-order chi connectivity index (χ1) is 9.28. The molecule has 0 spiro atoms. The number of esters is 1. The number of carbonyl (C=O) groups is 3. The van der Waals surface area contributed by atoms with Gasteiger partial charge in [-0.1, -0.05) is 13.8 Å². The third kappa shape index (κ3) is 4.13. The van der Waals surface area contributed by atoms with Gasteiger partial charge in [0.2, 0.25) is 5.60 Å². The number of hydrogen-bond acceptors (Lipinski definition) is 5. The molecule has 20 heavy (non-hydrogen) atoms. The van der Waals surface area contributed by atoms with Crippen molar-refractivity contribution in [3.05, 3.63) is 0 Å². The highest BCUT2D eigenvalue weighted by Gasteiger charge is 2.49. The minimum Gasteiger partial charge on any atom is -0.460 e. The van der Waals surface area contributed by atoms with Crippen molar-refractivity contribution in [3.63, 3.8) is 0 Å². The Kier molecular flexibility index (Phi) is 5.87. The zero-order valence-electron chi connectivity index (χ0n) is 12.7. The van der Waals surface area contributed by atoms with Crippen LogP contribution in [0.15, 0.2) is 0 Å². The lowest BCUT2D eigenvalue weighted by Crippen LogP contribution is -2.53. The van der Waals surface area contributed by atoms with Crippen LogP contribution in [0, 0.1) is 5.92 Å². The summed E-state index contributed by atoms with van der Waals surface area (Å²) in [6, 6.07) is 0. The van der Waals surface area contributed by atoms with Crippen molar-refractivity contribution >= 4 is 17.5 Å². The second kappa shape index (κ2) is 6.97. The van der Waals surface area contributed by atoms with Crippen molar-refractivity contribution in [1.82, 2.24) is 0 Å². The standard InChI is InChI=1S/C15H24O5/c1-10(2)8-15(14(18)20-11(3)4)13(17)7-5-6-12(16)9-19-15/h10-11H,5-9H2,1-4H3. The summed E-state index contributed by atoms with van der Waals surface area (Å²) < 4.78 is 10.7. The minimum atomic E-state index is -1.62. The van der Waals surface area contributed by atoms with Gasteiger partial charge in [0, 0.05) is 12.8 Å². The van der Waals surface area contributed by atoms with Crippen LogP contribution in [-0.4, -0.2) is 35.8 Å². The summed E-state index contributed by atoms with van der Waals surface area (Å²) in [7, 11) is 0. The van der Waals surface area contributed by atoms with E-state index in [0.29, 0.717) is 12.8 Å². The third-order valence-electron chi connectivity index (χ3n) is 3.16. The van der Waals surface area contributed by atoms with Crippen LogP contribution in [0.3, 0.4) is 0 Å². The summed E-state index contributed by atoms with van der Waals surface area (Å²) in [5, 5.41) is 0. The van der Waals surface area contributed by atoms with Gasteiger partial charge in [-0.15, -0.1) is 0 Å². The first kappa shape index (κ1) is 16.8. The molecule has 1 unspecified atom stereocenters. The van der Waals surface area contributed by atoms with E-state index in [0.717, 1.165) is 0 Å². The van der Waals surface area contributed by atoms with Crippen molar-refractivity contribution in [2.24, 2.45) is 5.92 Å². The highest BCUT2D eigenvalue weighted by molar-refractivity contribution is 6.08. The van der Waals surface area contributed by atoms with E-state index < -0.39 is 11.6 Å². The van der Waals surface area contributed by atoms with Gasteiger partial charge >= 0.3 is 5.97 Å². The second-order valence-corrected chi connectivity index (χ2v) is 5.98. The van der Waals surface area contributed by atoms with Gasteiger partial charge in [0.25, 0.3) is 0 Å². The average molecular weight is 284 g/mol. The molecule has 1 rings (SSSR count). The van der Waals surface area contributed by atoms with E-state index in [1.54, 1.807) is 13.8 Å². The molecule has 5 nitrogen and oxygen atoms in total. The lowest BCUT2D eigenvalue weighted by Gasteiger charge is -2.33. The molecule has 1 saturated heterocycles. The van der Waals surface area contributed by atoms with Gasteiger partial charge in [-0.3, -0.25) is 9.59 Å². The van der Waals surface area contributed by atoms with Gasteiger partial charge < -0.3 is 9.47 Å². The topological polar surface area (TPSA) is 69.7 Å². The van der Waals surface area contributed by atoms with Crippen LogP contribution in [0.1, 0.15) is 53.4 Å². The fourth-order valence-corrected chi connectivity index (χ4v) is 2.32. The predicted octanol–water partition coefficient (Wildman–Crippen LogP) is 2.06. The van der Waals surface area contributed by atoms with Gasteiger partial charge in [0.1, 0.15) is 6.61 Å². The highest BCUT2D eigenvalue weighted by atomic mass is 16.6. The number of hydrogen-bond donors (Lipinski definition) is 0. The smallest absolute Gasteiger partial charge is 0.346 e. The fraction of sp³-hybridized carbons (Fsp3) is 0.800. The molecule has 1 fully saturated rings. The Morgan fingerprint density at radius 1 is 1.25 bits per heavy atom. The molecule has 0 radical (unpaired) electrons. The van der Waals surface area contributed by atoms with Crippen LogP contribution in [0.4, 0.5) is 0 Å². The summed E-state index contributed by atoms with van der Waals surface area (Å²) in [5.74, 6) is -0.943. The Balaban J connectivity index is 3.07. The maximum Gasteiger partial charge on any atom is 0.346 e. The Bertz CT molecular complexity index is 386. The molecule has 0 aromatic heterocycles. The van der Waals surface area contributed by atoms with E-state index in [4.69, 9.17) is 9.47 Å². The molecule has 0 aromatic carbocycles. The maximum absolute atomic E-state index is 12.4. The third-order valence-corrected chi connectivity index (χ3v) is 3.16. The van der Waals surface area contributed by atoms with E-state index >= 15 is 0 Å². The van der Waals surface area contributed by atoms with Crippen molar-refractivity contribution in [2.75, 3.05) is 6.61 Å². The summed E-state index contributed by atoms with van der Waals surface area (Å²) in [4.78, 5) is 36.4. The molecule has 0 bridgehead atoms. The molecule has 1 atom stereocenters. The van der Waals surface area contributed by atoms with E-state index in [2.05, 4.69) is 0 Å². The van der Waals surface area contributed by atoms with Gasteiger partial charge in [0.15, 0.2) is 11.6 Å². The first-order valence-electron chi connectivity index (χ1n) is 7.18. The van der Waals surface area contributed by atoms with Gasteiger partial charge in [0.05, 0.1) is 6.10 Å². The van der Waals surface area contributed by atoms with Gasteiger partial charge in [-0.25, -0.2) is 4.79 Å². The highest BCUT2D eigenvalue weighted by Crippen LogP contribution is 2.29. The van der Waals surface area contributed by atoms with Crippen LogP contribution in [0.5, 0.6) is 0 Å². The monoisotopic (exact) mass is 284 g/mol. The van der Waals surface area contributed by atoms with Crippen LogP contribution in [0.2, 0.25) is 0 Å². The minimum absolute atomic E-state index is 0.0770. The molecule has 1 heterocycles. The number of rotatable bonds is 4. The largest absolute Gasteiger partial charge is 0.460 e. The molecular formula is C15H24O5. The molecule has 0 saturated carbocycles. The zero-order valence-corrected chi connectivity index (χ0v) is 12.7. The molecule has 0 aliphatic carbocycles. The summed E-state index contributed by atoms with van der Waals surface area (Å²) >= 11 is 0. The predicted molar refractivity (Wildman–Crippen MR) is 73.2 cm³/mol. The Morgan fingerprint density at radius 2 is 1.90 bits per heavy atom. The Hall–Kier alpha value is -1.23. The van der Waals surface area contributed by atoms with Crippen molar-refractivity contribution in [3.8, 4) is 0 Å². The van der Waals surface area contributed by atoms with Crippen molar-refractivity contribution in [1.29, 1.82) is 0 Å². The molecule has 114 valence electrons. The van der Waals surface area contributed by atoms with Crippen molar-refractivity contribution < 1.29 is 23.9 Å². The Morgan fingerprint density at radius 3 is 2.45 bits per heavy atom. The molecule has 0 N–H and O–H groups in total. The SMILES string of the molecule is CC(C)CC1(C(=O)OC(C)C)OCC(=O)CCCC1=O. The fourth-order valence-electron chi connectivity index (χ4n) is 2.32. The molecule has 0 aromatic rings. The lowest BCUT2D eigenvalue weighted by atomic mass is 9.85. The van der Waals surface area contributed by atoms with Gasteiger partial charge in [-0.2, -0.15) is 0 Å². The maximum atomic E-state index is 12.4.